The van der Waals surface area contributed by atoms with Crippen LogP contribution >= 0.6 is 0 Å². The number of methoxy groups -OCH3 is 1. The van der Waals surface area contributed by atoms with Gasteiger partial charge in [0.25, 0.3) is 0 Å². The number of aryl methyl sites for hydroxylation is 1. The van der Waals surface area contributed by atoms with Crippen LogP contribution in [0.3, 0.4) is 0 Å². The Hall–Kier alpha value is -1.42. The van der Waals surface area contributed by atoms with Gasteiger partial charge in [0.1, 0.15) is 5.82 Å². The van der Waals surface area contributed by atoms with E-state index in [1.807, 2.05) is 13.8 Å². The van der Waals surface area contributed by atoms with Gasteiger partial charge in [-0.05, 0) is 38.0 Å². The molecule has 100 valence electrons. The number of nitrogens with two attached hydrogens (primary N) is 1. The smallest absolute Gasteiger partial charge is 0.306 e. The Kier molecular flexibility index (Phi) is 4.46. The van der Waals surface area contributed by atoms with Crippen LogP contribution < -0.4 is 5.73 Å². The normalized spacial score (nSPS) is 13.2. The minimum Gasteiger partial charge on any atom is -0.469 e. The maximum absolute atomic E-state index is 13.3. The molecule has 0 saturated carbocycles. The maximum Gasteiger partial charge on any atom is 0.306 e. The monoisotopic (exact) mass is 253 g/mol. The summed E-state index contributed by atoms with van der Waals surface area (Å²) in [5.41, 5.74) is 6.92. The lowest BCUT2D eigenvalue weighted by atomic mass is 9.80. The second-order valence-electron chi connectivity index (χ2n) is 5.16. The topological polar surface area (TPSA) is 52.3 Å². The lowest BCUT2D eigenvalue weighted by Gasteiger charge is -2.30. The minimum atomic E-state index is -0.585. The molecule has 1 atom stereocenters. The molecule has 3 nitrogen and oxygen atoms in total. The molecule has 0 aromatic heterocycles. The van der Waals surface area contributed by atoms with Gasteiger partial charge in [0, 0.05) is 11.5 Å². The van der Waals surface area contributed by atoms with Gasteiger partial charge < -0.3 is 10.5 Å². The molecule has 0 heterocycles. The van der Waals surface area contributed by atoms with E-state index in [0.29, 0.717) is 5.56 Å². The molecule has 1 aromatic rings. The zero-order valence-corrected chi connectivity index (χ0v) is 11.3. The molecule has 1 unspecified atom stereocenters. The SMILES string of the molecule is COC(=O)CC(c1ccc(F)c(C)c1)C(C)(C)N. The fourth-order valence-corrected chi connectivity index (χ4v) is 1.95. The van der Waals surface area contributed by atoms with Crippen LogP contribution in [-0.4, -0.2) is 18.6 Å². The van der Waals surface area contributed by atoms with E-state index < -0.39 is 5.54 Å². The molecule has 18 heavy (non-hydrogen) atoms. The third kappa shape index (κ3) is 3.53. The zero-order chi connectivity index (χ0) is 13.9. The van der Waals surface area contributed by atoms with Crippen molar-refractivity contribution in [1.29, 1.82) is 0 Å². The highest BCUT2D eigenvalue weighted by atomic mass is 19.1. The first-order valence-corrected chi connectivity index (χ1v) is 5.87. The summed E-state index contributed by atoms with van der Waals surface area (Å²) in [7, 11) is 1.35. The highest BCUT2D eigenvalue weighted by Gasteiger charge is 2.29. The molecule has 0 amide bonds. The van der Waals surface area contributed by atoms with E-state index in [1.54, 1.807) is 19.1 Å². The lowest BCUT2D eigenvalue weighted by molar-refractivity contribution is -0.141. The molecule has 0 fully saturated rings. The summed E-state index contributed by atoms with van der Waals surface area (Å²) in [6.45, 7) is 5.39. The van der Waals surface area contributed by atoms with E-state index >= 15 is 0 Å². The number of hydrogen-bond acceptors (Lipinski definition) is 3. The van der Waals surface area contributed by atoms with Gasteiger partial charge in [-0.3, -0.25) is 4.79 Å². The highest BCUT2D eigenvalue weighted by Crippen LogP contribution is 2.30. The molecule has 0 radical (unpaired) electrons. The summed E-state index contributed by atoms with van der Waals surface area (Å²) < 4.78 is 17.9. The van der Waals surface area contributed by atoms with Crippen molar-refractivity contribution in [3.8, 4) is 0 Å². The summed E-state index contributed by atoms with van der Waals surface area (Å²) in [6, 6.07) is 4.81. The number of hydrogen-bond donors (Lipinski definition) is 1. The molecule has 4 heteroatoms. The summed E-state index contributed by atoms with van der Waals surface area (Å²) in [5.74, 6) is -0.782. The van der Waals surface area contributed by atoms with E-state index in [-0.39, 0.29) is 24.1 Å². The van der Waals surface area contributed by atoms with Gasteiger partial charge in [0.05, 0.1) is 13.5 Å². The van der Waals surface area contributed by atoms with Crippen molar-refractivity contribution in [2.24, 2.45) is 5.73 Å². The van der Waals surface area contributed by atoms with Crippen molar-refractivity contribution in [2.45, 2.75) is 38.6 Å². The summed E-state index contributed by atoms with van der Waals surface area (Å²) in [6.07, 6.45) is 0.186. The average Bonchev–Trinajstić information content (AvgIpc) is 2.28. The zero-order valence-electron chi connectivity index (χ0n) is 11.3. The van der Waals surface area contributed by atoms with Crippen LogP contribution in [-0.2, 0) is 9.53 Å². The lowest BCUT2D eigenvalue weighted by Crippen LogP contribution is -2.40. The van der Waals surface area contributed by atoms with Crippen LogP contribution in [0.4, 0.5) is 4.39 Å². The van der Waals surface area contributed by atoms with Crippen LogP contribution in [0.2, 0.25) is 0 Å². The van der Waals surface area contributed by atoms with Crippen LogP contribution in [0, 0.1) is 12.7 Å². The molecule has 1 aromatic carbocycles. The standard InChI is InChI=1S/C14H20FNO2/c1-9-7-10(5-6-12(9)15)11(14(2,3)16)8-13(17)18-4/h5-7,11H,8,16H2,1-4H3. The number of ether oxygens (including phenoxy) is 1. The maximum atomic E-state index is 13.3. The molecular weight excluding hydrogens is 233 g/mol. The van der Waals surface area contributed by atoms with Gasteiger partial charge in [-0.15, -0.1) is 0 Å². The van der Waals surface area contributed by atoms with Gasteiger partial charge >= 0.3 is 5.97 Å². The number of halogens is 1. The molecule has 1 rings (SSSR count). The van der Waals surface area contributed by atoms with Crippen molar-refractivity contribution >= 4 is 5.97 Å². The van der Waals surface area contributed by atoms with Crippen LogP contribution in [0.15, 0.2) is 18.2 Å². The van der Waals surface area contributed by atoms with Crippen LogP contribution in [0.1, 0.15) is 37.3 Å². The van der Waals surface area contributed by atoms with E-state index in [2.05, 4.69) is 4.74 Å². The molecule has 0 spiro atoms. The Bertz CT molecular complexity index is 438. The van der Waals surface area contributed by atoms with Crippen LogP contribution in [0.5, 0.6) is 0 Å². The number of carbonyl (C=O) groups is 1. The molecule has 0 saturated heterocycles. The first-order chi connectivity index (χ1) is 8.25. The summed E-state index contributed by atoms with van der Waals surface area (Å²) in [5, 5.41) is 0. The molecular formula is C14H20FNO2. The van der Waals surface area contributed by atoms with Gasteiger partial charge in [0.15, 0.2) is 0 Å². The fraction of sp³-hybridized carbons (Fsp3) is 0.500. The second kappa shape index (κ2) is 5.48. The van der Waals surface area contributed by atoms with E-state index in [9.17, 15) is 9.18 Å². The Labute approximate surface area is 107 Å². The van der Waals surface area contributed by atoms with Gasteiger partial charge in [-0.2, -0.15) is 0 Å². The Morgan fingerprint density at radius 2 is 2.11 bits per heavy atom. The van der Waals surface area contributed by atoms with Crippen molar-refractivity contribution in [2.75, 3.05) is 7.11 Å². The van der Waals surface area contributed by atoms with Gasteiger partial charge in [-0.25, -0.2) is 4.39 Å². The number of rotatable bonds is 4. The van der Waals surface area contributed by atoms with E-state index in [0.717, 1.165) is 5.56 Å². The molecule has 2 N–H and O–H groups in total. The minimum absolute atomic E-state index is 0.186. The quantitative estimate of drug-likeness (QED) is 0.839. The summed E-state index contributed by atoms with van der Waals surface area (Å²) in [4.78, 5) is 11.4. The predicted molar refractivity (Wildman–Crippen MR) is 68.8 cm³/mol. The fourth-order valence-electron chi connectivity index (χ4n) is 1.95. The van der Waals surface area contributed by atoms with Gasteiger partial charge in [0.2, 0.25) is 0 Å². The predicted octanol–water partition coefficient (Wildman–Crippen LogP) is 2.52. The molecule has 0 aliphatic rings. The third-order valence-corrected chi connectivity index (χ3v) is 3.08. The Morgan fingerprint density at radius 3 is 2.56 bits per heavy atom. The number of esters is 1. The Balaban J connectivity index is 3.10. The molecule has 0 bridgehead atoms. The van der Waals surface area contributed by atoms with Crippen molar-refractivity contribution in [1.82, 2.24) is 0 Å². The third-order valence-electron chi connectivity index (χ3n) is 3.08. The van der Waals surface area contributed by atoms with Crippen molar-refractivity contribution < 1.29 is 13.9 Å². The number of benzene rings is 1. The first-order valence-electron chi connectivity index (χ1n) is 5.87. The first kappa shape index (κ1) is 14.6. The Morgan fingerprint density at radius 1 is 1.50 bits per heavy atom. The molecule has 0 aliphatic carbocycles. The van der Waals surface area contributed by atoms with Gasteiger partial charge in [-0.1, -0.05) is 12.1 Å². The number of carbonyl (C=O) groups excluding carboxylic acids is 1. The van der Waals surface area contributed by atoms with Crippen molar-refractivity contribution in [3.05, 3.63) is 35.1 Å². The largest absolute Gasteiger partial charge is 0.469 e. The van der Waals surface area contributed by atoms with Crippen LogP contribution in [0.25, 0.3) is 0 Å². The van der Waals surface area contributed by atoms with Crippen molar-refractivity contribution in [3.63, 3.8) is 0 Å². The average molecular weight is 253 g/mol. The molecule has 0 aliphatic heterocycles. The second-order valence-corrected chi connectivity index (χ2v) is 5.16. The summed E-state index contributed by atoms with van der Waals surface area (Å²) >= 11 is 0. The van der Waals surface area contributed by atoms with E-state index in [1.165, 1.54) is 13.2 Å². The van der Waals surface area contributed by atoms with E-state index in [4.69, 9.17) is 5.73 Å². The highest BCUT2D eigenvalue weighted by molar-refractivity contribution is 5.70.